The van der Waals surface area contributed by atoms with E-state index in [0.29, 0.717) is 15.8 Å². The topological polar surface area (TPSA) is 70.9 Å². The average Bonchev–Trinajstić information content (AvgIpc) is 2.51. The van der Waals surface area contributed by atoms with Crippen LogP contribution in [0.25, 0.3) is 0 Å². The van der Waals surface area contributed by atoms with E-state index in [4.69, 9.17) is 51.1 Å². The summed E-state index contributed by atoms with van der Waals surface area (Å²) in [5.74, 6) is -0.396. The number of phenolic OH excluding ortho intramolecular Hbond substituents is 1. The Hall–Kier alpha value is -1.66. The van der Waals surface area contributed by atoms with Crippen molar-refractivity contribution in [1.82, 2.24) is 5.43 Å². The van der Waals surface area contributed by atoms with Crippen molar-refractivity contribution in [3.63, 3.8) is 0 Å². The van der Waals surface area contributed by atoms with E-state index in [2.05, 4.69) is 10.5 Å². The summed E-state index contributed by atoms with van der Waals surface area (Å²) in [5, 5.41) is 14.6. The molecule has 0 atom stereocenters. The minimum absolute atomic E-state index is 0.0796. The van der Waals surface area contributed by atoms with Crippen molar-refractivity contribution < 1.29 is 14.6 Å². The zero-order chi connectivity index (χ0) is 17.7. The first kappa shape index (κ1) is 18.7. The molecule has 0 aliphatic heterocycles. The number of hydrogen-bond acceptors (Lipinski definition) is 4. The molecule has 0 aliphatic rings. The Bertz CT molecular complexity index is 797. The van der Waals surface area contributed by atoms with Crippen LogP contribution in [0.4, 0.5) is 0 Å². The molecule has 0 heterocycles. The van der Waals surface area contributed by atoms with Gasteiger partial charge in [0.1, 0.15) is 11.5 Å². The second-order valence-corrected chi connectivity index (χ2v) is 6.17. The van der Waals surface area contributed by atoms with Crippen LogP contribution in [0.3, 0.4) is 0 Å². The second-order valence-electron chi connectivity index (χ2n) is 4.48. The lowest BCUT2D eigenvalue weighted by Crippen LogP contribution is -2.24. The van der Waals surface area contributed by atoms with Gasteiger partial charge in [-0.3, -0.25) is 4.79 Å². The van der Waals surface area contributed by atoms with Crippen molar-refractivity contribution in [2.75, 3.05) is 6.61 Å². The van der Waals surface area contributed by atoms with Gasteiger partial charge in [-0.2, -0.15) is 5.10 Å². The van der Waals surface area contributed by atoms with Crippen LogP contribution < -0.4 is 10.2 Å². The van der Waals surface area contributed by atoms with E-state index in [-0.39, 0.29) is 28.0 Å². The molecule has 2 N–H and O–H groups in total. The second kappa shape index (κ2) is 8.44. The fourth-order valence-corrected chi connectivity index (χ4v) is 2.60. The fraction of sp³-hybridized carbons (Fsp3) is 0.0667. The van der Waals surface area contributed by atoms with E-state index in [1.807, 2.05) is 0 Å². The monoisotopic (exact) mass is 406 g/mol. The summed E-state index contributed by atoms with van der Waals surface area (Å²) < 4.78 is 5.25. The number of benzene rings is 2. The van der Waals surface area contributed by atoms with E-state index >= 15 is 0 Å². The number of halogens is 4. The van der Waals surface area contributed by atoms with Crippen LogP contribution in [0.15, 0.2) is 35.4 Å². The van der Waals surface area contributed by atoms with Crippen LogP contribution in [0.2, 0.25) is 20.1 Å². The van der Waals surface area contributed by atoms with E-state index in [0.717, 1.165) is 0 Å². The molecule has 2 rings (SSSR count). The van der Waals surface area contributed by atoms with Crippen molar-refractivity contribution in [2.45, 2.75) is 0 Å². The fourth-order valence-electron chi connectivity index (χ4n) is 1.63. The minimum Gasteiger partial charge on any atom is -0.506 e. The summed E-state index contributed by atoms with van der Waals surface area (Å²) >= 11 is 23.3. The number of rotatable bonds is 5. The number of ether oxygens (including phenoxy) is 1. The number of amides is 1. The van der Waals surface area contributed by atoms with Gasteiger partial charge in [0.05, 0.1) is 16.3 Å². The first-order valence-electron chi connectivity index (χ1n) is 6.44. The number of hydrogen-bond donors (Lipinski definition) is 2. The van der Waals surface area contributed by atoms with Crippen LogP contribution in [0.1, 0.15) is 5.56 Å². The molecule has 0 radical (unpaired) electrons. The SMILES string of the molecule is O=C(COc1ccc(Cl)cc1Cl)NN=Cc1cc(Cl)cc(Cl)c1O. The quantitative estimate of drug-likeness (QED) is 0.564. The highest BCUT2D eigenvalue weighted by Crippen LogP contribution is 2.30. The predicted molar refractivity (Wildman–Crippen MR) is 95.8 cm³/mol. The zero-order valence-electron chi connectivity index (χ0n) is 11.9. The van der Waals surface area contributed by atoms with Crippen LogP contribution in [-0.2, 0) is 4.79 Å². The van der Waals surface area contributed by atoms with Crippen molar-refractivity contribution in [1.29, 1.82) is 0 Å². The maximum atomic E-state index is 11.7. The van der Waals surface area contributed by atoms with Crippen molar-refractivity contribution in [3.05, 3.63) is 56.0 Å². The molecule has 0 aromatic heterocycles. The highest BCUT2D eigenvalue weighted by atomic mass is 35.5. The first-order valence-corrected chi connectivity index (χ1v) is 7.96. The number of carbonyl (C=O) groups is 1. The van der Waals surface area contributed by atoms with Gasteiger partial charge in [-0.05, 0) is 30.3 Å². The Morgan fingerprint density at radius 3 is 2.54 bits per heavy atom. The molecule has 0 saturated carbocycles. The van der Waals surface area contributed by atoms with Gasteiger partial charge in [0.15, 0.2) is 6.61 Å². The molecule has 0 bridgehead atoms. The Labute approximate surface area is 157 Å². The summed E-state index contributed by atoms with van der Waals surface area (Å²) in [4.78, 5) is 11.7. The van der Waals surface area contributed by atoms with Gasteiger partial charge in [-0.25, -0.2) is 5.43 Å². The third kappa shape index (κ3) is 5.18. The van der Waals surface area contributed by atoms with Crippen LogP contribution in [0.5, 0.6) is 11.5 Å². The van der Waals surface area contributed by atoms with Crippen molar-refractivity contribution >= 4 is 58.5 Å². The molecule has 0 aliphatic carbocycles. The third-order valence-corrected chi connectivity index (χ3v) is 3.74. The van der Waals surface area contributed by atoms with Gasteiger partial charge in [-0.15, -0.1) is 0 Å². The molecule has 9 heteroatoms. The Kier molecular flexibility index (Phi) is 6.57. The summed E-state index contributed by atoms with van der Waals surface area (Å²) in [6.07, 6.45) is 1.21. The molecular weight excluding hydrogens is 398 g/mol. The summed E-state index contributed by atoms with van der Waals surface area (Å²) in [6.45, 7) is -0.305. The van der Waals surface area contributed by atoms with Gasteiger partial charge in [0, 0.05) is 15.6 Å². The first-order chi connectivity index (χ1) is 11.4. The number of nitrogens with zero attached hydrogens (tertiary/aromatic N) is 1. The minimum atomic E-state index is -0.523. The Morgan fingerprint density at radius 1 is 1.12 bits per heavy atom. The van der Waals surface area contributed by atoms with Gasteiger partial charge in [-0.1, -0.05) is 46.4 Å². The lowest BCUT2D eigenvalue weighted by atomic mass is 10.2. The maximum Gasteiger partial charge on any atom is 0.277 e. The molecule has 0 spiro atoms. The molecule has 2 aromatic rings. The molecule has 0 unspecified atom stereocenters. The number of hydrazone groups is 1. The van der Waals surface area contributed by atoms with Crippen molar-refractivity contribution in [3.8, 4) is 11.5 Å². The van der Waals surface area contributed by atoms with Gasteiger partial charge in [0.25, 0.3) is 5.91 Å². The molecule has 1 amide bonds. The van der Waals surface area contributed by atoms with Crippen LogP contribution >= 0.6 is 46.4 Å². The van der Waals surface area contributed by atoms with E-state index in [9.17, 15) is 9.90 Å². The van der Waals surface area contributed by atoms with Crippen LogP contribution in [-0.4, -0.2) is 23.8 Å². The lowest BCUT2D eigenvalue weighted by Gasteiger charge is -2.07. The van der Waals surface area contributed by atoms with E-state index in [1.165, 1.54) is 24.4 Å². The lowest BCUT2D eigenvalue weighted by molar-refractivity contribution is -0.123. The smallest absolute Gasteiger partial charge is 0.277 e. The third-order valence-electron chi connectivity index (χ3n) is 2.70. The largest absolute Gasteiger partial charge is 0.506 e. The number of nitrogens with one attached hydrogen (secondary N) is 1. The average molecular weight is 408 g/mol. The highest BCUT2D eigenvalue weighted by molar-refractivity contribution is 6.36. The maximum absolute atomic E-state index is 11.7. The molecule has 5 nitrogen and oxygen atoms in total. The molecule has 0 fully saturated rings. The molecular formula is C15H10Cl4N2O3. The molecule has 2 aromatic carbocycles. The van der Waals surface area contributed by atoms with Gasteiger partial charge in [0.2, 0.25) is 0 Å². The summed E-state index contributed by atoms with van der Waals surface area (Å²) in [6, 6.07) is 7.47. The molecule has 126 valence electrons. The predicted octanol–water partition coefficient (Wildman–Crippen LogP) is 4.53. The number of aromatic hydroxyl groups is 1. The van der Waals surface area contributed by atoms with Gasteiger partial charge < -0.3 is 9.84 Å². The van der Waals surface area contributed by atoms with E-state index in [1.54, 1.807) is 12.1 Å². The standard InChI is InChI=1S/C15H10Cl4N2O3/c16-9-1-2-13(11(18)4-9)24-7-14(22)21-20-6-8-3-10(17)5-12(19)15(8)23/h1-6,23H,7H2,(H,21,22). The summed E-state index contributed by atoms with van der Waals surface area (Å²) in [5.41, 5.74) is 2.50. The van der Waals surface area contributed by atoms with Crippen LogP contribution in [0, 0.1) is 0 Å². The summed E-state index contributed by atoms with van der Waals surface area (Å²) in [7, 11) is 0. The highest BCUT2D eigenvalue weighted by Gasteiger charge is 2.07. The Morgan fingerprint density at radius 2 is 1.83 bits per heavy atom. The molecule has 0 saturated heterocycles. The normalized spacial score (nSPS) is 10.8. The number of phenols is 1. The Balaban J connectivity index is 1.91. The number of carbonyl (C=O) groups excluding carboxylic acids is 1. The van der Waals surface area contributed by atoms with Gasteiger partial charge >= 0.3 is 0 Å². The van der Waals surface area contributed by atoms with E-state index < -0.39 is 5.91 Å². The zero-order valence-corrected chi connectivity index (χ0v) is 14.9. The van der Waals surface area contributed by atoms with Crippen molar-refractivity contribution in [2.24, 2.45) is 5.10 Å². The molecule has 24 heavy (non-hydrogen) atoms.